The molecule has 2 rings (SSSR count). The summed E-state index contributed by atoms with van der Waals surface area (Å²) in [5.41, 5.74) is 9.18. The number of guanidine groups is 1. The first-order valence-electron chi connectivity index (χ1n) is 8.94. The first-order chi connectivity index (χ1) is 12.6. The molecule has 0 aliphatic heterocycles. The average Bonchev–Trinajstić information content (AvgIpc) is 2.63. The van der Waals surface area contributed by atoms with Crippen LogP contribution in [-0.2, 0) is 17.8 Å². The van der Waals surface area contributed by atoms with E-state index in [0.717, 1.165) is 30.0 Å². The van der Waals surface area contributed by atoms with Crippen molar-refractivity contribution in [3.05, 3.63) is 59.7 Å². The van der Waals surface area contributed by atoms with Gasteiger partial charge in [-0.05, 0) is 36.1 Å². The summed E-state index contributed by atoms with van der Waals surface area (Å²) >= 11 is 0. The van der Waals surface area contributed by atoms with Crippen LogP contribution in [0.2, 0.25) is 0 Å². The maximum Gasteiger partial charge on any atom is 0.193 e. The van der Waals surface area contributed by atoms with Crippen molar-refractivity contribution in [3.8, 4) is 5.75 Å². The van der Waals surface area contributed by atoms with Crippen LogP contribution in [0.5, 0.6) is 5.75 Å². The average molecular weight is 483 g/mol. The number of anilines is 1. The third kappa shape index (κ3) is 8.62. The molecule has 0 saturated carbocycles. The Balaban J connectivity index is 0.00000364. The Hall–Kier alpha value is -1.80. The van der Waals surface area contributed by atoms with Gasteiger partial charge in [-0.25, -0.2) is 0 Å². The summed E-state index contributed by atoms with van der Waals surface area (Å²) in [6, 6.07) is 16.0. The number of ether oxygens (including phenoxy) is 2. The Morgan fingerprint density at radius 3 is 2.48 bits per heavy atom. The van der Waals surface area contributed by atoms with Gasteiger partial charge in [0.05, 0.1) is 13.2 Å². The minimum Gasteiger partial charge on any atom is -0.493 e. The lowest BCUT2D eigenvalue weighted by Crippen LogP contribution is -2.23. The van der Waals surface area contributed by atoms with Crippen molar-refractivity contribution >= 4 is 35.6 Å². The van der Waals surface area contributed by atoms with Crippen LogP contribution in [0.1, 0.15) is 25.0 Å². The smallest absolute Gasteiger partial charge is 0.193 e. The van der Waals surface area contributed by atoms with Gasteiger partial charge in [-0.2, -0.15) is 0 Å². The summed E-state index contributed by atoms with van der Waals surface area (Å²) in [7, 11) is 1.67. The lowest BCUT2D eigenvalue weighted by molar-refractivity contribution is 0.185. The number of nitrogens with zero attached hydrogens (tertiary/aromatic N) is 1. The molecule has 0 radical (unpaired) electrons. The third-order valence-corrected chi connectivity index (χ3v) is 3.77. The van der Waals surface area contributed by atoms with Crippen molar-refractivity contribution in [2.45, 2.75) is 26.9 Å². The topological polar surface area (TPSA) is 68.9 Å². The minimum absolute atomic E-state index is 0. The summed E-state index contributed by atoms with van der Waals surface area (Å²) in [6.45, 7) is 6.16. The van der Waals surface area contributed by atoms with Gasteiger partial charge in [0.1, 0.15) is 5.75 Å². The van der Waals surface area contributed by atoms with Gasteiger partial charge in [0.15, 0.2) is 5.96 Å². The number of nitrogens with two attached hydrogens (primary N) is 1. The fraction of sp³-hybridized carbons (Fsp3) is 0.381. The van der Waals surface area contributed by atoms with Crippen molar-refractivity contribution in [3.63, 3.8) is 0 Å². The Labute approximate surface area is 179 Å². The molecule has 0 saturated heterocycles. The number of rotatable bonds is 9. The van der Waals surface area contributed by atoms with Crippen LogP contribution in [0.4, 0.5) is 5.69 Å². The highest BCUT2D eigenvalue weighted by atomic mass is 127. The molecular weight excluding hydrogens is 453 g/mol. The second-order valence-corrected chi connectivity index (χ2v) is 6.58. The molecule has 5 nitrogen and oxygen atoms in total. The maximum absolute atomic E-state index is 6.00. The molecule has 2 aromatic carbocycles. The number of aliphatic imine (C=N–C) groups is 1. The van der Waals surface area contributed by atoms with Gasteiger partial charge in [0.25, 0.3) is 0 Å². The van der Waals surface area contributed by atoms with E-state index >= 15 is 0 Å². The van der Waals surface area contributed by atoms with Crippen LogP contribution in [0.3, 0.4) is 0 Å². The van der Waals surface area contributed by atoms with Crippen LogP contribution in [0.25, 0.3) is 0 Å². The number of nitrogens with one attached hydrogen (secondary N) is 1. The van der Waals surface area contributed by atoms with Crippen LogP contribution < -0.4 is 15.8 Å². The molecule has 0 aromatic heterocycles. The molecule has 3 N–H and O–H groups in total. The van der Waals surface area contributed by atoms with Gasteiger partial charge in [0, 0.05) is 24.9 Å². The van der Waals surface area contributed by atoms with Gasteiger partial charge in [-0.15, -0.1) is 24.0 Å². The molecule has 0 bridgehead atoms. The second kappa shape index (κ2) is 12.6. The molecule has 0 atom stereocenters. The highest BCUT2D eigenvalue weighted by Crippen LogP contribution is 2.16. The van der Waals surface area contributed by atoms with Gasteiger partial charge < -0.3 is 20.5 Å². The zero-order valence-electron chi connectivity index (χ0n) is 16.3. The summed E-state index contributed by atoms with van der Waals surface area (Å²) < 4.78 is 10.9. The summed E-state index contributed by atoms with van der Waals surface area (Å²) in [4.78, 5) is 4.41. The number of halogens is 1. The van der Waals surface area contributed by atoms with Gasteiger partial charge in [-0.3, -0.25) is 4.99 Å². The molecule has 0 unspecified atom stereocenters. The number of hydrogen-bond donors (Lipinski definition) is 2. The van der Waals surface area contributed by atoms with Crippen LogP contribution in [0.15, 0.2) is 53.5 Å². The molecular formula is C21H30IN3O2. The van der Waals surface area contributed by atoms with E-state index in [0.29, 0.717) is 25.0 Å². The van der Waals surface area contributed by atoms with E-state index in [2.05, 4.69) is 36.3 Å². The normalized spacial score (nSPS) is 11.2. The number of benzene rings is 2. The summed E-state index contributed by atoms with van der Waals surface area (Å²) in [5, 5.41) is 3.15. The van der Waals surface area contributed by atoms with E-state index in [4.69, 9.17) is 15.2 Å². The molecule has 148 valence electrons. The minimum atomic E-state index is 0. The summed E-state index contributed by atoms with van der Waals surface area (Å²) in [5.74, 6) is 1.83. The summed E-state index contributed by atoms with van der Waals surface area (Å²) in [6.07, 6.45) is 0.826. The van der Waals surface area contributed by atoms with Crippen molar-refractivity contribution in [1.82, 2.24) is 0 Å². The van der Waals surface area contributed by atoms with E-state index in [9.17, 15) is 0 Å². The third-order valence-electron chi connectivity index (χ3n) is 3.77. The Bertz CT molecular complexity index is 703. The zero-order chi connectivity index (χ0) is 18.8. The number of para-hydroxylation sites is 1. The van der Waals surface area contributed by atoms with E-state index in [1.165, 1.54) is 5.56 Å². The van der Waals surface area contributed by atoms with Crippen LogP contribution >= 0.6 is 24.0 Å². The van der Waals surface area contributed by atoms with E-state index in [1.54, 1.807) is 7.11 Å². The van der Waals surface area contributed by atoms with Gasteiger partial charge >= 0.3 is 0 Å². The lowest BCUT2D eigenvalue weighted by Gasteiger charge is -2.11. The van der Waals surface area contributed by atoms with Crippen molar-refractivity contribution in [2.24, 2.45) is 16.6 Å². The van der Waals surface area contributed by atoms with Gasteiger partial charge in [-0.1, -0.05) is 44.2 Å². The number of methoxy groups -OCH3 is 1. The monoisotopic (exact) mass is 483 g/mol. The fourth-order valence-electron chi connectivity index (χ4n) is 2.42. The standard InChI is InChI=1S/C21H29N3O2.HI/c1-16(2)14-26-19-10-8-17(9-11-19)12-13-23-21(22)24-20-7-5-4-6-18(20)15-25-3;/h4-11,16H,12-15H2,1-3H3,(H3,22,23,24);1H. The Morgan fingerprint density at radius 1 is 1.11 bits per heavy atom. The van der Waals surface area contributed by atoms with Gasteiger partial charge in [0.2, 0.25) is 0 Å². The van der Waals surface area contributed by atoms with Crippen molar-refractivity contribution < 1.29 is 9.47 Å². The maximum atomic E-state index is 6.00. The lowest BCUT2D eigenvalue weighted by atomic mass is 10.1. The molecule has 2 aromatic rings. The molecule has 0 heterocycles. The highest BCUT2D eigenvalue weighted by molar-refractivity contribution is 14.0. The van der Waals surface area contributed by atoms with Crippen LogP contribution in [-0.4, -0.2) is 26.2 Å². The fourth-order valence-corrected chi connectivity index (χ4v) is 2.42. The van der Waals surface area contributed by atoms with E-state index < -0.39 is 0 Å². The quantitative estimate of drug-likeness (QED) is 0.314. The largest absolute Gasteiger partial charge is 0.493 e. The molecule has 0 aliphatic rings. The van der Waals surface area contributed by atoms with E-state index in [1.807, 2.05) is 36.4 Å². The SMILES string of the molecule is COCc1ccccc1NC(N)=NCCc1ccc(OCC(C)C)cc1.I. The molecule has 0 fully saturated rings. The number of hydrogen-bond acceptors (Lipinski definition) is 3. The zero-order valence-corrected chi connectivity index (χ0v) is 18.6. The van der Waals surface area contributed by atoms with E-state index in [-0.39, 0.29) is 24.0 Å². The molecule has 0 amide bonds. The highest BCUT2D eigenvalue weighted by Gasteiger charge is 2.02. The second-order valence-electron chi connectivity index (χ2n) is 6.58. The Morgan fingerprint density at radius 2 is 1.81 bits per heavy atom. The molecule has 0 aliphatic carbocycles. The van der Waals surface area contributed by atoms with Crippen LogP contribution in [0, 0.1) is 5.92 Å². The molecule has 0 spiro atoms. The van der Waals surface area contributed by atoms with Crippen molar-refractivity contribution in [1.29, 1.82) is 0 Å². The first kappa shape index (κ1) is 23.2. The predicted octanol–water partition coefficient (Wildman–Crippen LogP) is 4.46. The predicted molar refractivity (Wildman–Crippen MR) is 123 cm³/mol. The Kier molecular flexibility index (Phi) is 10.8. The molecule has 6 heteroatoms. The molecule has 27 heavy (non-hydrogen) atoms. The first-order valence-corrected chi connectivity index (χ1v) is 8.94. The van der Waals surface area contributed by atoms with Crippen molar-refractivity contribution in [2.75, 3.05) is 25.6 Å².